The highest BCUT2D eigenvalue weighted by atomic mass is 79.9. The van der Waals surface area contributed by atoms with Crippen molar-refractivity contribution in [3.8, 4) is 0 Å². The normalized spacial score (nSPS) is 13.6. The number of nitro groups is 1. The van der Waals surface area contributed by atoms with Gasteiger partial charge in [0.25, 0.3) is 5.69 Å². The summed E-state index contributed by atoms with van der Waals surface area (Å²) in [7, 11) is 0. The van der Waals surface area contributed by atoms with Crippen LogP contribution < -0.4 is 4.90 Å². The quantitative estimate of drug-likeness (QED) is 0.495. The van der Waals surface area contributed by atoms with E-state index in [0.717, 1.165) is 11.1 Å². The van der Waals surface area contributed by atoms with Gasteiger partial charge in [-0.15, -0.1) is 0 Å². The number of amides is 1. The fourth-order valence-corrected chi connectivity index (χ4v) is 3.93. The predicted octanol–water partition coefficient (Wildman–Crippen LogP) is 5.18. The lowest BCUT2D eigenvalue weighted by molar-refractivity contribution is -0.384. The van der Waals surface area contributed by atoms with Crippen LogP contribution in [0.2, 0.25) is 0 Å². The second-order valence-electron chi connectivity index (χ2n) is 7.93. The average molecular weight is 431 g/mol. The van der Waals surface area contributed by atoms with E-state index in [1.54, 1.807) is 4.90 Å². The van der Waals surface area contributed by atoms with Crippen molar-refractivity contribution >= 4 is 33.2 Å². The minimum atomic E-state index is -0.416. The molecule has 0 fully saturated rings. The lowest BCUT2D eigenvalue weighted by atomic mass is 9.86. The summed E-state index contributed by atoms with van der Waals surface area (Å²) in [6.07, 6.45) is 1.60. The fourth-order valence-electron chi connectivity index (χ4n) is 3.43. The van der Waals surface area contributed by atoms with Crippen molar-refractivity contribution in [2.75, 3.05) is 11.4 Å². The second kappa shape index (κ2) is 7.43. The Labute approximate surface area is 167 Å². The topological polar surface area (TPSA) is 63.5 Å². The molecule has 0 N–H and O–H groups in total. The number of nitrogens with zero attached hydrogens (tertiary/aromatic N) is 2. The van der Waals surface area contributed by atoms with Gasteiger partial charge in [-0.3, -0.25) is 14.9 Å². The molecule has 1 aliphatic heterocycles. The zero-order valence-electron chi connectivity index (χ0n) is 15.8. The van der Waals surface area contributed by atoms with E-state index in [1.165, 1.54) is 11.6 Å². The van der Waals surface area contributed by atoms with E-state index >= 15 is 0 Å². The lowest BCUT2D eigenvalue weighted by Gasteiger charge is -2.19. The minimum Gasteiger partial charge on any atom is -0.306 e. The van der Waals surface area contributed by atoms with Gasteiger partial charge in [0.1, 0.15) is 5.69 Å². The molecule has 0 aromatic heterocycles. The number of nitro benzene ring substituents is 1. The molecule has 0 aliphatic carbocycles. The van der Waals surface area contributed by atoms with Crippen LogP contribution in [0.5, 0.6) is 0 Å². The molecule has 0 unspecified atom stereocenters. The third-order valence-corrected chi connectivity index (χ3v) is 5.41. The van der Waals surface area contributed by atoms with Crippen LogP contribution in [-0.2, 0) is 23.1 Å². The fraction of sp³-hybridized carbons (Fsp3) is 0.381. The molecule has 0 spiro atoms. The molecule has 2 aromatic carbocycles. The van der Waals surface area contributed by atoms with Crippen molar-refractivity contribution in [2.45, 2.75) is 45.4 Å². The molecule has 142 valence electrons. The van der Waals surface area contributed by atoms with Gasteiger partial charge in [-0.05, 0) is 41.0 Å². The third-order valence-electron chi connectivity index (χ3n) is 4.95. The molecule has 0 saturated carbocycles. The van der Waals surface area contributed by atoms with Crippen LogP contribution in [-0.4, -0.2) is 17.4 Å². The smallest absolute Gasteiger partial charge is 0.294 e. The van der Waals surface area contributed by atoms with E-state index < -0.39 is 4.92 Å². The first kappa shape index (κ1) is 19.5. The minimum absolute atomic E-state index is 0.0141. The lowest BCUT2D eigenvalue weighted by Crippen LogP contribution is -2.29. The number of aryl methyl sites for hydroxylation is 1. The molecule has 0 radical (unpaired) electrons. The maximum atomic E-state index is 12.8. The number of fused-ring (bicyclic) bond motifs is 1. The summed E-state index contributed by atoms with van der Waals surface area (Å²) in [6.45, 7) is 7.00. The van der Waals surface area contributed by atoms with E-state index in [-0.39, 0.29) is 17.0 Å². The number of anilines is 1. The van der Waals surface area contributed by atoms with Gasteiger partial charge in [0, 0.05) is 23.5 Å². The maximum absolute atomic E-state index is 12.8. The van der Waals surface area contributed by atoms with Crippen LogP contribution in [0.15, 0.2) is 40.9 Å². The molecule has 5 nitrogen and oxygen atoms in total. The van der Waals surface area contributed by atoms with E-state index in [1.807, 2.05) is 6.07 Å². The van der Waals surface area contributed by atoms with Crippen LogP contribution in [0.3, 0.4) is 0 Å². The molecule has 0 atom stereocenters. The molecule has 27 heavy (non-hydrogen) atoms. The summed E-state index contributed by atoms with van der Waals surface area (Å²) >= 11 is 3.31. The van der Waals surface area contributed by atoms with Crippen molar-refractivity contribution in [1.29, 1.82) is 0 Å². The van der Waals surface area contributed by atoms with Gasteiger partial charge in [0.2, 0.25) is 5.91 Å². The number of carbonyl (C=O) groups excluding carboxylic acids is 1. The second-order valence-corrected chi connectivity index (χ2v) is 8.85. The van der Waals surface area contributed by atoms with E-state index in [2.05, 4.69) is 61.0 Å². The zero-order chi connectivity index (χ0) is 19.8. The molecule has 0 bridgehead atoms. The van der Waals surface area contributed by atoms with Gasteiger partial charge in [-0.25, -0.2) is 0 Å². The number of rotatable bonds is 4. The molecular weight excluding hydrogens is 408 g/mol. The molecule has 2 aromatic rings. The first-order valence-electron chi connectivity index (χ1n) is 9.03. The Bertz CT molecular complexity index is 886. The van der Waals surface area contributed by atoms with Crippen LogP contribution in [0, 0.1) is 10.1 Å². The Morgan fingerprint density at radius 3 is 2.48 bits per heavy atom. The van der Waals surface area contributed by atoms with Gasteiger partial charge in [0.05, 0.1) is 4.92 Å². The van der Waals surface area contributed by atoms with E-state index in [0.29, 0.717) is 36.0 Å². The van der Waals surface area contributed by atoms with Crippen LogP contribution >= 0.6 is 15.9 Å². The Hall–Kier alpha value is -2.21. The number of halogens is 1. The first-order valence-corrected chi connectivity index (χ1v) is 9.83. The Morgan fingerprint density at radius 1 is 1.22 bits per heavy atom. The van der Waals surface area contributed by atoms with Crippen molar-refractivity contribution in [3.63, 3.8) is 0 Å². The molecule has 1 amide bonds. The van der Waals surface area contributed by atoms with E-state index in [4.69, 9.17) is 0 Å². The van der Waals surface area contributed by atoms with Crippen LogP contribution in [0.25, 0.3) is 0 Å². The molecule has 6 heteroatoms. The van der Waals surface area contributed by atoms with Crippen molar-refractivity contribution < 1.29 is 9.72 Å². The molecule has 3 rings (SSSR count). The van der Waals surface area contributed by atoms with Crippen molar-refractivity contribution in [2.24, 2.45) is 0 Å². The van der Waals surface area contributed by atoms with Gasteiger partial charge >= 0.3 is 0 Å². The van der Waals surface area contributed by atoms with Gasteiger partial charge in [-0.2, -0.15) is 0 Å². The summed E-state index contributed by atoms with van der Waals surface area (Å²) < 4.78 is 0.668. The summed E-state index contributed by atoms with van der Waals surface area (Å²) in [4.78, 5) is 25.3. The van der Waals surface area contributed by atoms with Crippen LogP contribution in [0.1, 0.15) is 43.9 Å². The maximum Gasteiger partial charge on any atom is 0.294 e. The summed E-state index contributed by atoms with van der Waals surface area (Å²) in [5.74, 6) is -0.0703. The Morgan fingerprint density at radius 2 is 1.89 bits per heavy atom. The van der Waals surface area contributed by atoms with Crippen molar-refractivity contribution in [3.05, 3.63) is 67.7 Å². The highest BCUT2D eigenvalue weighted by molar-refractivity contribution is 9.10. The first-order chi connectivity index (χ1) is 12.7. The van der Waals surface area contributed by atoms with Crippen LogP contribution in [0.4, 0.5) is 11.4 Å². The molecule has 1 heterocycles. The number of carbonyl (C=O) groups is 1. The highest BCUT2D eigenvalue weighted by Crippen LogP contribution is 2.39. The van der Waals surface area contributed by atoms with Gasteiger partial charge in [-0.1, -0.05) is 61.0 Å². The predicted molar refractivity (Wildman–Crippen MR) is 110 cm³/mol. The summed E-state index contributed by atoms with van der Waals surface area (Å²) in [5, 5.41) is 11.4. The zero-order valence-corrected chi connectivity index (χ0v) is 17.4. The standard InChI is InChI=1S/C21H23BrN2O3/c1-21(2,3)16-7-4-14(5-8-16)6-9-19(25)23-11-10-15-12-17(22)13-18(20(15)23)24(26)27/h4-5,7-8,12-13H,6,9-11H2,1-3H3. The monoisotopic (exact) mass is 430 g/mol. The number of hydrogen-bond donors (Lipinski definition) is 0. The number of benzene rings is 2. The molecule has 1 aliphatic rings. The summed E-state index contributed by atoms with van der Waals surface area (Å²) in [5.41, 5.74) is 3.74. The molecular formula is C21H23BrN2O3. The van der Waals surface area contributed by atoms with Gasteiger partial charge < -0.3 is 4.90 Å². The number of hydrogen-bond acceptors (Lipinski definition) is 3. The molecule has 0 saturated heterocycles. The largest absolute Gasteiger partial charge is 0.306 e. The summed E-state index contributed by atoms with van der Waals surface area (Å²) in [6, 6.07) is 11.7. The van der Waals surface area contributed by atoms with Gasteiger partial charge in [0.15, 0.2) is 0 Å². The highest BCUT2D eigenvalue weighted by Gasteiger charge is 2.32. The average Bonchev–Trinajstić information content (AvgIpc) is 3.02. The Kier molecular flexibility index (Phi) is 5.38. The van der Waals surface area contributed by atoms with E-state index in [9.17, 15) is 14.9 Å². The van der Waals surface area contributed by atoms with Crippen molar-refractivity contribution in [1.82, 2.24) is 0 Å². The SMILES string of the molecule is CC(C)(C)c1ccc(CCC(=O)N2CCc3cc(Br)cc([N+](=O)[O-])c32)cc1. The Balaban J connectivity index is 1.73. The third kappa shape index (κ3) is 4.21.